The molecule has 0 bridgehead atoms. The highest BCUT2D eigenvalue weighted by Crippen LogP contribution is 2.27. The predicted molar refractivity (Wildman–Crippen MR) is 64.4 cm³/mol. The van der Waals surface area contributed by atoms with E-state index >= 15 is 0 Å². The van der Waals surface area contributed by atoms with Crippen LogP contribution in [0.5, 0.6) is 0 Å². The van der Waals surface area contributed by atoms with Crippen molar-refractivity contribution in [3.63, 3.8) is 0 Å². The normalized spacial score (nSPS) is 12.7. The number of nitrogens with two attached hydrogens (primary N) is 1. The molecule has 84 valence electrons. The van der Waals surface area contributed by atoms with Crippen LogP contribution in [0.15, 0.2) is 45.1 Å². The lowest BCUT2D eigenvalue weighted by molar-refractivity contribution is 0.454. The van der Waals surface area contributed by atoms with Crippen molar-refractivity contribution < 1.29 is 4.42 Å². The average molecular weight is 234 g/mol. The SMILES string of the molecule is Cc1coc(Sc2ccc(C(C)N)cc2)n1. The molecule has 1 aromatic carbocycles. The largest absolute Gasteiger partial charge is 0.439 e. The van der Waals surface area contributed by atoms with E-state index in [1.165, 1.54) is 11.8 Å². The zero-order valence-corrected chi connectivity index (χ0v) is 10.1. The zero-order valence-electron chi connectivity index (χ0n) is 9.31. The van der Waals surface area contributed by atoms with Crippen LogP contribution in [-0.4, -0.2) is 4.98 Å². The molecule has 4 heteroatoms. The second-order valence-corrected chi connectivity index (χ2v) is 4.74. The van der Waals surface area contributed by atoms with Gasteiger partial charge in [-0.15, -0.1) is 0 Å². The highest BCUT2D eigenvalue weighted by Gasteiger charge is 2.04. The average Bonchev–Trinajstić information content (AvgIpc) is 2.65. The van der Waals surface area contributed by atoms with Crippen LogP contribution >= 0.6 is 11.8 Å². The standard InChI is InChI=1S/C12H14N2OS/c1-8-7-15-12(14-8)16-11-5-3-10(4-6-11)9(2)13/h3-7,9H,13H2,1-2H3. The van der Waals surface area contributed by atoms with Crippen LogP contribution in [0.1, 0.15) is 24.2 Å². The molecule has 1 unspecified atom stereocenters. The Morgan fingerprint density at radius 2 is 2.00 bits per heavy atom. The summed E-state index contributed by atoms with van der Waals surface area (Å²) in [7, 11) is 0. The van der Waals surface area contributed by atoms with Crippen molar-refractivity contribution in [2.45, 2.75) is 30.0 Å². The summed E-state index contributed by atoms with van der Waals surface area (Å²) in [6, 6.07) is 8.19. The van der Waals surface area contributed by atoms with Crippen molar-refractivity contribution in [3.05, 3.63) is 41.8 Å². The van der Waals surface area contributed by atoms with E-state index in [9.17, 15) is 0 Å². The molecule has 1 atom stereocenters. The van der Waals surface area contributed by atoms with Gasteiger partial charge in [0.15, 0.2) is 0 Å². The summed E-state index contributed by atoms with van der Waals surface area (Å²) in [6.07, 6.45) is 1.65. The van der Waals surface area contributed by atoms with Crippen LogP contribution in [0.3, 0.4) is 0 Å². The molecule has 0 saturated carbocycles. The summed E-state index contributed by atoms with van der Waals surface area (Å²) in [5.74, 6) is 0. The molecule has 0 saturated heterocycles. The molecule has 16 heavy (non-hydrogen) atoms. The minimum absolute atomic E-state index is 0.0723. The van der Waals surface area contributed by atoms with Crippen molar-refractivity contribution in [1.29, 1.82) is 0 Å². The second-order valence-electron chi connectivity index (χ2n) is 3.71. The Balaban J connectivity index is 2.11. The number of oxazole rings is 1. The Labute approximate surface area is 99.1 Å². The molecule has 1 aromatic heterocycles. The van der Waals surface area contributed by atoms with Crippen molar-refractivity contribution in [2.75, 3.05) is 0 Å². The quantitative estimate of drug-likeness (QED) is 0.886. The maximum atomic E-state index is 5.78. The molecule has 1 heterocycles. The predicted octanol–water partition coefficient (Wildman–Crippen LogP) is 3.15. The monoisotopic (exact) mass is 234 g/mol. The van der Waals surface area contributed by atoms with Gasteiger partial charge >= 0.3 is 0 Å². The molecule has 0 radical (unpaired) electrons. The number of hydrogen-bond donors (Lipinski definition) is 1. The van der Waals surface area contributed by atoms with E-state index in [2.05, 4.69) is 4.98 Å². The molecule has 0 aliphatic heterocycles. The molecule has 0 aliphatic rings. The molecule has 2 aromatic rings. The third kappa shape index (κ3) is 2.65. The summed E-state index contributed by atoms with van der Waals surface area (Å²) >= 11 is 1.51. The first-order valence-corrected chi connectivity index (χ1v) is 5.92. The number of benzene rings is 1. The molecule has 2 rings (SSSR count). The van der Waals surface area contributed by atoms with Crippen LogP contribution in [0.2, 0.25) is 0 Å². The van der Waals surface area contributed by atoms with Gasteiger partial charge in [0.05, 0.1) is 5.69 Å². The third-order valence-corrected chi connectivity index (χ3v) is 3.08. The number of rotatable bonds is 3. The molecule has 0 fully saturated rings. The topological polar surface area (TPSA) is 52.0 Å². The summed E-state index contributed by atoms with van der Waals surface area (Å²) in [6.45, 7) is 3.88. The minimum atomic E-state index is 0.0723. The second kappa shape index (κ2) is 4.72. The van der Waals surface area contributed by atoms with Crippen LogP contribution in [0.4, 0.5) is 0 Å². The van der Waals surface area contributed by atoms with E-state index < -0.39 is 0 Å². The van der Waals surface area contributed by atoms with Crippen molar-refractivity contribution in [2.24, 2.45) is 5.73 Å². The molecule has 0 amide bonds. The smallest absolute Gasteiger partial charge is 0.260 e. The Hall–Kier alpha value is -1.26. The summed E-state index contributed by atoms with van der Waals surface area (Å²) in [4.78, 5) is 5.34. The maximum absolute atomic E-state index is 5.78. The lowest BCUT2D eigenvalue weighted by Gasteiger charge is -2.05. The Morgan fingerprint density at radius 3 is 2.50 bits per heavy atom. The number of nitrogens with zero attached hydrogens (tertiary/aromatic N) is 1. The Bertz CT molecular complexity index is 462. The molecular weight excluding hydrogens is 220 g/mol. The van der Waals surface area contributed by atoms with Crippen LogP contribution < -0.4 is 5.73 Å². The highest BCUT2D eigenvalue weighted by atomic mass is 32.2. The fourth-order valence-corrected chi connectivity index (χ4v) is 2.08. The van der Waals surface area contributed by atoms with Crippen molar-refractivity contribution in [1.82, 2.24) is 4.98 Å². The van der Waals surface area contributed by atoms with Gasteiger partial charge in [-0.2, -0.15) is 0 Å². The number of hydrogen-bond acceptors (Lipinski definition) is 4. The molecule has 2 N–H and O–H groups in total. The first-order valence-electron chi connectivity index (χ1n) is 5.10. The van der Waals surface area contributed by atoms with Crippen LogP contribution in [0, 0.1) is 6.92 Å². The number of aromatic nitrogens is 1. The van der Waals surface area contributed by atoms with E-state index in [0.29, 0.717) is 5.22 Å². The van der Waals surface area contributed by atoms with Crippen LogP contribution in [-0.2, 0) is 0 Å². The molecule has 0 spiro atoms. The zero-order chi connectivity index (χ0) is 11.5. The van der Waals surface area contributed by atoms with Gasteiger partial charge in [0.1, 0.15) is 6.26 Å². The van der Waals surface area contributed by atoms with E-state index in [-0.39, 0.29) is 6.04 Å². The lowest BCUT2D eigenvalue weighted by Crippen LogP contribution is -2.04. The van der Waals surface area contributed by atoms with Crippen LogP contribution in [0.25, 0.3) is 0 Å². The molecular formula is C12H14N2OS. The molecule has 0 aliphatic carbocycles. The van der Waals surface area contributed by atoms with Gasteiger partial charge in [-0.1, -0.05) is 12.1 Å². The summed E-state index contributed by atoms with van der Waals surface area (Å²) < 4.78 is 5.27. The summed E-state index contributed by atoms with van der Waals surface area (Å²) in [5, 5.41) is 0.672. The number of aryl methyl sites for hydroxylation is 1. The van der Waals surface area contributed by atoms with Gasteiger partial charge in [-0.3, -0.25) is 0 Å². The van der Waals surface area contributed by atoms with E-state index in [0.717, 1.165) is 16.2 Å². The third-order valence-electron chi connectivity index (χ3n) is 2.21. The van der Waals surface area contributed by atoms with Crippen molar-refractivity contribution in [3.8, 4) is 0 Å². The van der Waals surface area contributed by atoms with Gasteiger partial charge in [0.2, 0.25) is 0 Å². The van der Waals surface area contributed by atoms with E-state index in [4.69, 9.17) is 10.2 Å². The Kier molecular flexibility index (Phi) is 3.31. The minimum Gasteiger partial charge on any atom is -0.439 e. The van der Waals surface area contributed by atoms with Crippen molar-refractivity contribution >= 4 is 11.8 Å². The fraction of sp³-hybridized carbons (Fsp3) is 0.250. The summed E-state index contributed by atoms with van der Waals surface area (Å²) in [5.41, 5.74) is 7.81. The van der Waals surface area contributed by atoms with E-state index in [1.54, 1.807) is 6.26 Å². The van der Waals surface area contributed by atoms with Gasteiger partial charge in [0, 0.05) is 10.9 Å². The maximum Gasteiger partial charge on any atom is 0.260 e. The van der Waals surface area contributed by atoms with Gasteiger partial charge in [-0.25, -0.2) is 4.98 Å². The van der Waals surface area contributed by atoms with E-state index in [1.807, 2.05) is 38.1 Å². The highest BCUT2D eigenvalue weighted by molar-refractivity contribution is 7.99. The Morgan fingerprint density at radius 1 is 1.31 bits per heavy atom. The fourth-order valence-electron chi connectivity index (χ4n) is 1.32. The van der Waals surface area contributed by atoms with Gasteiger partial charge in [0.25, 0.3) is 5.22 Å². The lowest BCUT2D eigenvalue weighted by atomic mass is 10.1. The van der Waals surface area contributed by atoms with Gasteiger partial charge < -0.3 is 10.2 Å². The molecule has 3 nitrogen and oxygen atoms in total. The first kappa shape index (κ1) is 11.2. The van der Waals surface area contributed by atoms with Gasteiger partial charge in [-0.05, 0) is 43.3 Å². The first-order chi connectivity index (χ1) is 7.65.